The van der Waals surface area contributed by atoms with Crippen molar-refractivity contribution in [3.05, 3.63) is 95.2 Å². The van der Waals surface area contributed by atoms with Gasteiger partial charge in [0.15, 0.2) is 5.17 Å². The Morgan fingerprint density at radius 2 is 1.87 bits per heavy atom. The molecule has 2 aromatic carbocycles. The molecule has 1 aromatic heterocycles. The zero-order valence-corrected chi connectivity index (χ0v) is 19.1. The summed E-state index contributed by atoms with van der Waals surface area (Å²) in [5.74, 6) is 1.37. The van der Waals surface area contributed by atoms with Gasteiger partial charge in [0.1, 0.15) is 11.5 Å². The molecule has 0 spiro atoms. The first-order chi connectivity index (χ1) is 15.1. The molecule has 4 rings (SSSR count). The summed E-state index contributed by atoms with van der Waals surface area (Å²) in [7, 11) is 0. The van der Waals surface area contributed by atoms with Gasteiger partial charge in [-0.2, -0.15) is 5.10 Å². The van der Waals surface area contributed by atoms with Gasteiger partial charge in [-0.1, -0.05) is 76.2 Å². The molecule has 0 aliphatic carbocycles. The molecule has 5 nitrogen and oxygen atoms in total. The Labute approximate surface area is 193 Å². The minimum atomic E-state index is -0.219. The average molecular weight is 494 g/mol. The number of rotatable bonds is 7. The van der Waals surface area contributed by atoms with Crippen LogP contribution in [0.25, 0.3) is 11.3 Å². The Morgan fingerprint density at radius 3 is 2.61 bits per heavy atom. The van der Waals surface area contributed by atoms with E-state index in [1.54, 1.807) is 17.2 Å². The van der Waals surface area contributed by atoms with E-state index in [-0.39, 0.29) is 11.2 Å². The maximum Gasteiger partial charge on any atom is 0.242 e. The molecule has 1 atom stereocenters. The summed E-state index contributed by atoms with van der Waals surface area (Å²) in [5, 5.41) is 8.81. The van der Waals surface area contributed by atoms with Crippen molar-refractivity contribution in [1.82, 2.24) is 4.90 Å². The maximum absolute atomic E-state index is 12.8. The molecule has 3 aromatic rings. The molecule has 2 heterocycles. The molecule has 0 saturated carbocycles. The van der Waals surface area contributed by atoms with E-state index in [2.05, 4.69) is 32.7 Å². The lowest BCUT2D eigenvalue weighted by Gasteiger charge is -2.12. The van der Waals surface area contributed by atoms with Crippen molar-refractivity contribution in [1.29, 1.82) is 0 Å². The number of carbonyl (C=O) groups excluding carboxylic acids is 1. The van der Waals surface area contributed by atoms with Crippen LogP contribution in [0.2, 0.25) is 0 Å². The number of amidine groups is 1. The van der Waals surface area contributed by atoms with E-state index in [1.165, 1.54) is 11.8 Å². The second-order valence-corrected chi connectivity index (χ2v) is 8.96. The molecule has 0 N–H and O–H groups in total. The molecule has 1 fully saturated rings. The van der Waals surface area contributed by atoms with Gasteiger partial charge in [-0.3, -0.25) is 9.69 Å². The molecule has 156 valence electrons. The smallest absolute Gasteiger partial charge is 0.242 e. The number of thioether (sulfide) groups is 1. The molecule has 1 amide bonds. The van der Waals surface area contributed by atoms with Gasteiger partial charge >= 0.3 is 0 Å². The minimum Gasteiger partial charge on any atom is -0.455 e. The van der Waals surface area contributed by atoms with Crippen molar-refractivity contribution in [2.75, 3.05) is 6.54 Å². The second-order valence-electron chi connectivity index (χ2n) is 6.87. The predicted molar refractivity (Wildman–Crippen MR) is 130 cm³/mol. The molecule has 7 heteroatoms. The van der Waals surface area contributed by atoms with E-state index in [0.717, 1.165) is 21.4 Å². The van der Waals surface area contributed by atoms with E-state index >= 15 is 0 Å². The molecule has 0 radical (unpaired) electrons. The van der Waals surface area contributed by atoms with Crippen molar-refractivity contribution in [3.63, 3.8) is 0 Å². The van der Waals surface area contributed by atoms with Gasteiger partial charge in [0.25, 0.3) is 0 Å². The van der Waals surface area contributed by atoms with Crippen molar-refractivity contribution >= 4 is 45.0 Å². The minimum absolute atomic E-state index is 0.0261. The van der Waals surface area contributed by atoms with E-state index in [0.29, 0.717) is 23.9 Å². The summed E-state index contributed by atoms with van der Waals surface area (Å²) in [6.45, 7) is 4.16. The first-order valence-corrected chi connectivity index (χ1v) is 11.4. The Bertz CT molecular complexity index is 1120. The largest absolute Gasteiger partial charge is 0.455 e. The number of furan rings is 1. The van der Waals surface area contributed by atoms with Crippen molar-refractivity contribution < 1.29 is 9.21 Å². The highest BCUT2D eigenvalue weighted by Crippen LogP contribution is 2.30. The molecular weight excluding hydrogens is 474 g/mol. The standard InChI is InChI=1S/C24H20BrN3O2S/c1-2-14-28-23(29)22(15-17-6-4-3-5-7-17)31-24(28)27-26-16-20-12-13-21(30-20)18-8-10-19(25)11-9-18/h2-13,16,22H,1,14-15H2/b26-16-,27-24-/t22-/m0/s1. The lowest BCUT2D eigenvalue weighted by Crippen LogP contribution is -2.32. The van der Waals surface area contributed by atoms with E-state index in [9.17, 15) is 4.79 Å². The Kier molecular flexibility index (Phi) is 6.84. The SMILES string of the molecule is C=CCN1C(=O)[C@H](Cc2ccccc2)S/C1=N\N=C/c1ccc(-c2ccc(Br)cc2)o1. The number of benzene rings is 2. The average Bonchev–Trinajstić information content (AvgIpc) is 3.36. The van der Waals surface area contributed by atoms with Crippen LogP contribution in [0, 0.1) is 0 Å². The van der Waals surface area contributed by atoms with E-state index in [4.69, 9.17) is 4.42 Å². The van der Waals surface area contributed by atoms with Crippen LogP contribution < -0.4 is 0 Å². The Hall–Kier alpha value is -2.90. The highest BCUT2D eigenvalue weighted by atomic mass is 79.9. The highest BCUT2D eigenvalue weighted by Gasteiger charge is 2.37. The lowest BCUT2D eigenvalue weighted by molar-refractivity contribution is -0.125. The maximum atomic E-state index is 12.8. The summed E-state index contributed by atoms with van der Waals surface area (Å²) in [4.78, 5) is 14.5. The summed E-state index contributed by atoms with van der Waals surface area (Å²) < 4.78 is 6.85. The fourth-order valence-corrected chi connectivity index (χ4v) is 4.58. The summed E-state index contributed by atoms with van der Waals surface area (Å²) in [6.07, 6.45) is 3.89. The van der Waals surface area contributed by atoms with E-state index in [1.807, 2.05) is 66.7 Å². The third-order valence-electron chi connectivity index (χ3n) is 4.68. The van der Waals surface area contributed by atoms with Gasteiger partial charge < -0.3 is 4.42 Å². The quantitative estimate of drug-likeness (QED) is 0.238. The predicted octanol–water partition coefficient (Wildman–Crippen LogP) is 5.77. The van der Waals surface area contributed by atoms with Crippen LogP contribution in [-0.4, -0.2) is 34.0 Å². The van der Waals surface area contributed by atoms with Crippen molar-refractivity contribution in [2.24, 2.45) is 10.2 Å². The van der Waals surface area contributed by atoms with Gasteiger partial charge in [-0.25, -0.2) is 0 Å². The first-order valence-electron chi connectivity index (χ1n) is 9.73. The molecular formula is C24H20BrN3O2S. The number of hydrogen-bond donors (Lipinski definition) is 0. The second kappa shape index (κ2) is 9.94. The lowest BCUT2D eigenvalue weighted by atomic mass is 10.1. The van der Waals surface area contributed by atoms with Crippen LogP contribution in [0.1, 0.15) is 11.3 Å². The highest BCUT2D eigenvalue weighted by molar-refractivity contribution is 9.10. The third-order valence-corrected chi connectivity index (χ3v) is 6.37. The van der Waals surface area contributed by atoms with Gasteiger partial charge in [-0.05, 0) is 36.2 Å². The Balaban J connectivity index is 1.47. The zero-order chi connectivity index (χ0) is 21.6. The Morgan fingerprint density at radius 1 is 1.10 bits per heavy atom. The van der Waals surface area contributed by atoms with Crippen LogP contribution in [0.3, 0.4) is 0 Å². The number of nitrogens with zero attached hydrogens (tertiary/aromatic N) is 3. The summed E-state index contributed by atoms with van der Waals surface area (Å²) in [6, 6.07) is 21.6. The molecule has 0 bridgehead atoms. The van der Waals surface area contributed by atoms with Crippen molar-refractivity contribution in [2.45, 2.75) is 11.7 Å². The number of hydrogen-bond acceptors (Lipinski definition) is 5. The van der Waals surface area contributed by atoms with Crippen LogP contribution in [-0.2, 0) is 11.2 Å². The van der Waals surface area contributed by atoms with Gasteiger partial charge in [0.2, 0.25) is 5.91 Å². The zero-order valence-electron chi connectivity index (χ0n) is 16.6. The molecule has 0 unspecified atom stereocenters. The fourth-order valence-electron chi connectivity index (χ4n) is 3.17. The van der Waals surface area contributed by atoms with Gasteiger partial charge in [-0.15, -0.1) is 11.7 Å². The summed E-state index contributed by atoms with van der Waals surface area (Å²) in [5.41, 5.74) is 2.10. The van der Waals surface area contributed by atoms with Gasteiger partial charge in [0.05, 0.1) is 11.5 Å². The van der Waals surface area contributed by atoms with Crippen LogP contribution >= 0.6 is 27.7 Å². The van der Waals surface area contributed by atoms with Crippen LogP contribution in [0.15, 0.2) is 98.5 Å². The van der Waals surface area contributed by atoms with Gasteiger partial charge in [0, 0.05) is 16.6 Å². The molecule has 1 aliphatic heterocycles. The first kappa shape index (κ1) is 21.3. The third kappa shape index (κ3) is 5.24. The normalized spacial score (nSPS) is 17.7. The summed E-state index contributed by atoms with van der Waals surface area (Å²) >= 11 is 4.86. The van der Waals surface area contributed by atoms with E-state index < -0.39 is 0 Å². The topological polar surface area (TPSA) is 58.2 Å². The molecule has 1 aliphatic rings. The number of amides is 1. The van der Waals surface area contributed by atoms with Crippen LogP contribution in [0.4, 0.5) is 0 Å². The number of halogens is 1. The monoisotopic (exact) mass is 493 g/mol. The molecule has 1 saturated heterocycles. The fraction of sp³-hybridized carbons (Fsp3) is 0.125. The van der Waals surface area contributed by atoms with Crippen LogP contribution in [0.5, 0.6) is 0 Å². The molecule has 31 heavy (non-hydrogen) atoms. The number of carbonyl (C=O) groups is 1. The van der Waals surface area contributed by atoms with Crippen molar-refractivity contribution in [3.8, 4) is 11.3 Å².